The minimum atomic E-state index is -1.05. The molecule has 0 aliphatic heterocycles. The van der Waals surface area contributed by atoms with Gasteiger partial charge >= 0.3 is 0 Å². The van der Waals surface area contributed by atoms with Gasteiger partial charge in [0.25, 0.3) is 0 Å². The van der Waals surface area contributed by atoms with Crippen molar-refractivity contribution in [2.45, 2.75) is 19.1 Å². The Morgan fingerprint density at radius 3 is 2.43 bits per heavy atom. The maximum absolute atomic E-state index is 10.8. The van der Waals surface area contributed by atoms with Gasteiger partial charge in [-0.3, -0.25) is 4.79 Å². The third-order valence-electron chi connectivity index (χ3n) is 2.95. The van der Waals surface area contributed by atoms with Crippen LogP contribution in [0.3, 0.4) is 0 Å². The number of hydrogen-bond donors (Lipinski definition) is 3. The van der Waals surface area contributed by atoms with E-state index in [-0.39, 0.29) is 12.5 Å². The van der Waals surface area contributed by atoms with E-state index in [9.17, 15) is 15.0 Å². The third-order valence-corrected chi connectivity index (χ3v) is 2.95. The monoisotopic (exact) mass is 296 g/mol. The van der Waals surface area contributed by atoms with Crippen LogP contribution in [0.15, 0.2) is 24.3 Å². The molecule has 0 spiro atoms. The first kappa shape index (κ1) is 17.4. The molecule has 0 aromatic heterocycles. The number of nitrogens with one attached hydrogen (secondary N) is 1. The highest BCUT2D eigenvalue weighted by molar-refractivity contribution is 5.72. The summed E-state index contributed by atoms with van der Waals surface area (Å²) in [7, 11) is 3.94. The number of hydrogen-bond acceptors (Lipinski definition) is 5. The summed E-state index contributed by atoms with van der Waals surface area (Å²) in [5, 5.41) is 22.3. The summed E-state index contributed by atoms with van der Waals surface area (Å²) < 4.78 is 5.55. The van der Waals surface area contributed by atoms with Gasteiger partial charge in [0.1, 0.15) is 24.6 Å². The maximum Gasteiger partial charge on any atom is 0.216 e. The van der Waals surface area contributed by atoms with Crippen LogP contribution in [0, 0.1) is 0 Å². The van der Waals surface area contributed by atoms with E-state index in [0.717, 1.165) is 6.54 Å². The molecule has 0 fully saturated rings. The van der Waals surface area contributed by atoms with E-state index < -0.39 is 12.2 Å². The van der Waals surface area contributed by atoms with E-state index >= 15 is 0 Å². The minimum absolute atomic E-state index is 0.0115. The van der Waals surface area contributed by atoms with Crippen LogP contribution in [0.4, 0.5) is 0 Å². The molecule has 1 aromatic rings. The summed E-state index contributed by atoms with van der Waals surface area (Å²) in [4.78, 5) is 12.8. The van der Waals surface area contributed by atoms with Crippen molar-refractivity contribution < 1.29 is 19.7 Å². The van der Waals surface area contributed by atoms with Gasteiger partial charge in [-0.1, -0.05) is 12.1 Å². The first-order valence-electron chi connectivity index (χ1n) is 6.88. The molecule has 2 unspecified atom stereocenters. The van der Waals surface area contributed by atoms with Crippen LogP contribution in [0.1, 0.15) is 18.6 Å². The molecule has 2 atom stereocenters. The molecule has 0 aliphatic rings. The van der Waals surface area contributed by atoms with Crippen molar-refractivity contribution in [1.82, 2.24) is 10.2 Å². The summed E-state index contributed by atoms with van der Waals surface area (Å²) >= 11 is 0. The normalized spacial score (nSPS) is 13.8. The first-order chi connectivity index (χ1) is 9.90. The Morgan fingerprint density at radius 1 is 1.29 bits per heavy atom. The van der Waals surface area contributed by atoms with Gasteiger partial charge in [-0.25, -0.2) is 0 Å². The quantitative estimate of drug-likeness (QED) is 0.636. The smallest absolute Gasteiger partial charge is 0.216 e. The van der Waals surface area contributed by atoms with E-state index in [1.165, 1.54) is 6.92 Å². The van der Waals surface area contributed by atoms with E-state index in [1.54, 1.807) is 24.3 Å². The Hall–Kier alpha value is -1.63. The zero-order chi connectivity index (χ0) is 15.8. The molecule has 0 saturated heterocycles. The number of rotatable bonds is 8. The van der Waals surface area contributed by atoms with E-state index in [4.69, 9.17) is 4.74 Å². The first-order valence-corrected chi connectivity index (χ1v) is 6.88. The average molecular weight is 296 g/mol. The Bertz CT molecular complexity index is 434. The summed E-state index contributed by atoms with van der Waals surface area (Å²) in [5.74, 6) is 0.468. The molecule has 1 rings (SSSR count). The van der Waals surface area contributed by atoms with Crippen LogP contribution in [-0.2, 0) is 4.79 Å². The number of ether oxygens (including phenoxy) is 1. The predicted molar refractivity (Wildman–Crippen MR) is 80.1 cm³/mol. The van der Waals surface area contributed by atoms with Crippen LogP contribution in [0.2, 0.25) is 0 Å². The van der Waals surface area contributed by atoms with Gasteiger partial charge in [-0.15, -0.1) is 0 Å². The van der Waals surface area contributed by atoms with Crippen LogP contribution in [0.5, 0.6) is 5.75 Å². The van der Waals surface area contributed by atoms with Crippen LogP contribution >= 0.6 is 0 Å². The largest absolute Gasteiger partial charge is 0.492 e. The number of carbonyl (C=O) groups excluding carboxylic acids is 1. The number of likely N-dealkylation sites (N-methyl/N-ethyl adjacent to an activating group) is 1. The number of benzene rings is 1. The Morgan fingerprint density at radius 2 is 1.90 bits per heavy atom. The molecule has 0 saturated carbocycles. The van der Waals surface area contributed by atoms with Gasteiger partial charge in [-0.05, 0) is 31.8 Å². The van der Waals surface area contributed by atoms with Crippen LogP contribution < -0.4 is 10.1 Å². The maximum atomic E-state index is 10.8. The van der Waals surface area contributed by atoms with Crippen molar-refractivity contribution in [3.05, 3.63) is 29.8 Å². The fourth-order valence-corrected chi connectivity index (χ4v) is 1.69. The zero-order valence-corrected chi connectivity index (χ0v) is 12.7. The molecule has 6 heteroatoms. The van der Waals surface area contributed by atoms with Gasteiger partial charge in [0.05, 0.1) is 0 Å². The number of nitrogens with zero attached hydrogens (tertiary/aromatic N) is 1. The summed E-state index contributed by atoms with van der Waals surface area (Å²) in [6, 6.07) is 6.90. The number of aliphatic hydroxyl groups excluding tert-OH is 2. The molecule has 0 bridgehead atoms. The highest BCUT2D eigenvalue weighted by Gasteiger charge is 2.18. The average Bonchev–Trinajstić information content (AvgIpc) is 2.44. The van der Waals surface area contributed by atoms with Gasteiger partial charge in [-0.2, -0.15) is 0 Å². The number of carbonyl (C=O) groups is 1. The zero-order valence-electron chi connectivity index (χ0n) is 12.7. The van der Waals surface area contributed by atoms with Crippen LogP contribution in [0.25, 0.3) is 0 Å². The molecule has 118 valence electrons. The lowest BCUT2D eigenvalue weighted by Gasteiger charge is -2.18. The second kappa shape index (κ2) is 8.61. The predicted octanol–water partition coefficient (Wildman–Crippen LogP) is 0.157. The summed E-state index contributed by atoms with van der Waals surface area (Å²) in [6.45, 7) is 2.77. The minimum Gasteiger partial charge on any atom is -0.492 e. The molecule has 0 radical (unpaired) electrons. The number of amides is 1. The highest BCUT2D eigenvalue weighted by Crippen LogP contribution is 2.20. The van der Waals surface area contributed by atoms with Crippen LogP contribution in [-0.4, -0.2) is 60.9 Å². The van der Waals surface area contributed by atoms with E-state index in [0.29, 0.717) is 17.9 Å². The number of aliphatic hydroxyl groups is 2. The van der Waals surface area contributed by atoms with Gasteiger partial charge in [0.2, 0.25) is 5.91 Å². The topological polar surface area (TPSA) is 82.0 Å². The molecule has 21 heavy (non-hydrogen) atoms. The summed E-state index contributed by atoms with van der Waals surface area (Å²) in [5.41, 5.74) is 0.577. The highest BCUT2D eigenvalue weighted by atomic mass is 16.5. The molecule has 0 heterocycles. The van der Waals surface area contributed by atoms with Crippen molar-refractivity contribution in [2.24, 2.45) is 0 Å². The molecule has 0 aliphatic carbocycles. The lowest BCUT2D eigenvalue weighted by atomic mass is 10.0. The molecule has 1 aromatic carbocycles. The summed E-state index contributed by atoms with van der Waals surface area (Å²) in [6.07, 6.45) is -2.10. The van der Waals surface area contributed by atoms with Gasteiger partial charge < -0.3 is 25.2 Å². The van der Waals surface area contributed by atoms with Crippen molar-refractivity contribution in [1.29, 1.82) is 0 Å². The van der Waals surface area contributed by atoms with Gasteiger partial charge in [0, 0.05) is 20.0 Å². The molecule has 3 N–H and O–H groups in total. The second-order valence-electron chi connectivity index (χ2n) is 5.17. The lowest BCUT2D eigenvalue weighted by molar-refractivity contribution is -0.119. The van der Waals surface area contributed by atoms with Crippen molar-refractivity contribution in [3.63, 3.8) is 0 Å². The fourth-order valence-electron chi connectivity index (χ4n) is 1.69. The molecular weight excluding hydrogens is 272 g/mol. The Labute approximate surface area is 125 Å². The SMILES string of the molecule is CC(=O)NCC(O)C(O)c1ccc(OCCN(C)C)cc1. The molecular formula is C15H24N2O4. The van der Waals surface area contributed by atoms with E-state index in [1.807, 2.05) is 19.0 Å². The van der Waals surface area contributed by atoms with Crippen molar-refractivity contribution >= 4 is 5.91 Å². The second-order valence-corrected chi connectivity index (χ2v) is 5.17. The van der Waals surface area contributed by atoms with Crippen molar-refractivity contribution in [2.75, 3.05) is 33.8 Å². The lowest BCUT2D eigenvalue weighted by Crippen LogP contribution is -2.34. The Kier molecular flexibility index (Phi) is 7.14. The van der Waals surface area contributed by atoms with E-state index in [2.05, 4.69) is 5.32 Å². The Balaban J connectivity index is 2.50. The molecule has 6 nitrogen and oxygen atoms in total. The molecule has 1 amide bonds. The van der Waals surface area contributed by atoms with Gasteiger partial charge in [0.15, 0.2) is 0 Å². The third kappa shape index (κ3) is 6.57. The standard InChI is InChI=1S/C15H24N2O4/c1-11(18)16-10-14(19)15(20)12-4-6-13(7-5-12)21-9-8-17(2)3/h4-7,14-15,19-20H,8-10H2,1-3H3,(H,16,18). The van der Waals surface area contributed by atoms with Crippen molar-refractivity contribution in [3.8, 4) is 5.75 Å². The fraction of sp³-hybridized carbons (Fsp3) is 0.533.